The minimum absolute atomic E-state index is 0.0110. The molecule has 1 aromatic heterocycles. The van der Waals surface area contributed by atoms with E-state index >= 15 is 0 Å². The van der Waals surface area contributed by atoms with Crippen molar-refractivity contribution in [1.29, 1.82) is 0 Å². The van der Waals surface area contributed by atoms with E-state index in [1.165, 1.54) is 15.7 Å². The summed E-state index contributed by atoms with van der Waals surface area (Å²) in [5.74, 6) is 0.0473. The van der Waals surface area contributed by atoms with Crippen LogP contribution in [0.2, 0.25) is 18.1 Å². The molecule has 1 aliphatic carbocycles. The van der Waals surface area contributed by atoms with Crippen LogP contribution >= 0.6 is 0 Å². The molecular formula is C59H71N5O7Si. The van der Waals surface area contributed by atoms with Crippen molar-refractivity contribution in [3.8, 4) is 11.1 Å². The summed E-state index contributed by atoms with van der Waals surface area (Å²) >= 11 is 0. The summed E-state index contributed by atoms with van der Waals surface area (Å²) in [5, 5.41) is 31.0. The highest BCUT2D eigenvalue weighted by molar-refractivity contribution is 6.83. The number of aromatic nitrogens is 2. The fourth-order valence-corrected chi connectivity index (χ4v) is 13.7. The summed E-state index contributed by atoms with van der Waals surface area (Å²) in [6, 6.07) is 43.4. The molecule has 8 rings (SSSR count). The Morgan fingerprint density at radius 1 is 0.819 bits per heavy atom. The first kappa shape index (κ1) is 52.1. The van der Waals surface area contributed by atoms with Gasteiger partial charge in [0, 0.05) is 38.0 Å². The number of hydrogen-bond acceptors (Lipinski definition) is 10. The van der Waals surface area contributed by atoms with Crippen molar-refractivity contribution >= 4 is 25.8 Å². The van der Waals surface area contributed by atoms with Crippen LogP contribution in [0.4, 0.5) is 10.6 Å². The quantitative estimate of drug-likeness (QED) is 0.0298. The number of amides is 1. The smallest absolute Gasteiger partial charge is 0.407 e. The molecule has 1 amide bonds. The Morgan fingerprint density at radius 3 is 1.93 bits per heavy atom. The number of nitrogens with two attached hydrogens (primary N) is 1. The van der Waals surface area contributed by atoms with Crippen molar-refractivity contribution in [3.63, 3.8) is 0 Å². The van der Waals surface area contributed by atoms with Gasteiger partial charge in [-0.3, -0.25) is 9.36 Å². The average molecular weight is 990 g/mol. The van der Waals surface area contributed by atoms with E-state index in [1.807, 2.05) is 117 Å². The number of hydrogen-bond donors (Lipinski definition) is 5. The van der Waals surface area contributed by atoms with Crippen LogP contribution in [0.5, 0.6) is 0 Å². The summed E-state index contributed by atoms with van der Waals surface area (Å²) in [6.45, 7) is 15.3. The molecule has 72 heavy (non-hydrogen) atoms. The van der Waals surface area contributed by atoms with Gasteiger partial charge < -0.3 is 36.1 Å². The minimum Gasteiger partial charge on any atom is -0.449 e. The van der Waals surface area contributed by atoms with Crippen LogP contribution < -0.4 is 22.1 Å². The first-order chi connectivity index (χ1) is 34.4. The predicted octanol–water partition coefficient (Wildman–Crippen LogP) is 9.73. The summed E-state index contributed by atoms with van der Waals surface area (Å²) in [7, 11) is -2.87. The zero-order chi connectivity index (χ0) is 51.4. The molecule has 5 aromatic carbocycles. The molecule has 2 aliphatic rings. The molecule has 2 heterocycles. The number of anilines is 1. The monoisotopic (exact) mass is 990 g/mol. The number of Topliss-reactive ketones (excluding diaryl/α,β-unsaturated/α-hetero) is 1. The van der Waals surface area contributed by atoms with Crippen molar-refractivity contribution in [3.05, 3.63) is 189 Å². The molecule has 12 nitrogen and oxygen atoms in total. The fraction of sp³-hybridized carbons (Fsp3) is 0.390. The summed E-state index contributed by atoms with van der Waals surface area (Å²) in [4.78, 5) is 44.5. The number of ether oxygens (including phenoxy) is 2. The molecule has 5 atom stereocenters. The van der Waals surface area contributed by atoms with Gasteiger partial charge in [0.05, 0.1) is 24.8 Å². The lowest BCUT2D eigenvalue weighted by Crippen LogP contribution is -2.68. The van der Waals surface area contributed by atoms with Crippen LogP contribution in [0.25, 0.3) is 11.1 Å². The molecule has 13 heteroatoms. The summed E-state index contributed by atoms with van der Waals surface area (Å²) < 4.78 is 14.0. The number of aliphatic hydroxyl groups is 2. The van der Waals surface area contributed by atoms with Gasteiger partial charge >= 0.3 is 11.8 Å². The summed E-state index contributed by atoms with van der Waals surface area (Å²) in [5.41, 5.74) is 13.5. The minimum atomic E-state index is -2.87. The number of carbonyl (C=O) groups is 2. The Morgan fingerprint density at radius 2 is 1.38 bits per heavy atom. The van der Waals surface area contributed by atoms with E-state index in [4.69, 9.17) is 15.2 Å². The maximum atomic E-state index is 14.1. The molecule has 1 fully saturated rings. The highest BCUT2D eigenvalue weighted by Gasteiger charge is 2.66. The molecule has 1 aliphatic heterocycles. The molecular weight excluding hydrogens is 919 g/mol. The van der Waals surface area contributed by atoms with E-state index in [2.05, 4.69) is 73.7 Å². The van der Waals surface area contributed by atoms with E-state index in [0.29, 0.717) is 25.8 Å². The number of ketones is 1. The van der Waals surface area contributed by atoms with Crippen molar-refractivity contribution in [1.82, 2.24) is 14.9 Å². The van der Waals surface area contributed by atoms with Gasteiger partial charge in [0.15, 0.2) is 5.78 Å². The zero-order valence-corrected chi connectivity index (χ0v) is 43.7. The Labute approximate surface area is 425 Å². The van der Waals surface area contributed by atoms with Crippen LogP contribution in [-0.4, -0.2) is 82.9 Å². The van der Waals surface area contributed by atoms with E-state index in [9.17, 15) is 24.6 Å². The maximum Gasteiger partial charge on any atom is 0.407 e. The van der Waals surface area contributed by atoms with E-state index in [-0.39, 0.29) is 48.6 Å². The van der Waals surface area contributed by atoms with Gasteiger partial charge in [-0.25, -0.2) is 9.59 Å². The molecule has 0 spiro atoms. The lowest BCUT2D eigenvalue weighted by Gasteiger charge is -2.52. The van der Waals surface area contributed by atoms with Gasteiger partial charge in [-0.05, 0) is 76.7 Å². The number of aliphatic hydroxyl groups excluding tert-OH is 1. The molecule has 6 N–H and O–H groups in total. The van der Waals surface area contributed by atoms with Crippen LogP contribution in [0, 0.1) is 13.8 Å². The maximum absolute atomic E-state index is 14.1. The second-order valence-electron chi connectivity index (χ2n) is 21.3. The van der Waals surface area contributed by atoms with Gasteiger partial charge in [-0.1, -0.05) is 179 Å². The third-order valence-corrected chi connectivity index (χ3v) is 22.4. The normalized spacial score (nSPS) is 18.8. The highest BCUT2D eigenvalue weighted by Crippen LogP contribution is 2.56. The number of aryl methyl sites for hydroxylation is 2. The van der Waals surface area contributed by atoms with Crippen LogP contribution in [0.15, 0.2) is 144 Å². The van der Waals surface area contributed by atoms with Gasteiger partial charge in [0.2, 0.25) is 0 Å². The number of fused-ring (bicyclic) bond motifs is 3. The predicted molar refractivity (Wildman–Crippen MR) is 287 cm³/mol. The standard InChI is InChI=1S/C59H71N5O7Si/c1-39-25-29-42(30-26-39)59(41-18-10-8-11-19-41,43-31-27-40(2)28-32-43)53(66)54-58(69,72(6,7)57(3,4)5)36-52(71-54)64-35-33-51(63-55(64)67)62-49(37-60)50(65)24-12-9-17-34-61-56(68)70-38-48-46-22-15-13-20-44(46)45-21-14-16-23-47(45)48/h8,10-11,13-16,18-23,25-33,35,48-49,52-54,66,69H,9,12,17,24,34,36-38,60H2,1-7H3,(H,61,68)(H,62,63,67)/t49?,52-,53?,54-,58-/m1/s1. The van der Waals surface area contributed by atoms with E-state index in [1.54, 1.807) is 12.3 Å². The van der Waals surface area contributed by atoms with Gasteiger partial charge in [0.25, 0.3) is 0 Å². The second-order valence-corrected chi connectivity index (χ2v) is 26.9. The Bertz CT molecular complexity index is 2810. The van der Waals surface area contributed by atoms with Gasteiger partial charge in [-0.15, -0.1) is 0 Å². The molecule has 1 saturated heterocycles. The fourth-order valence-electron chi connectivity index (χ4n) is 10.8. The Balaban J connectivity index is 0.933. The first-order valence-corrected chi connectivity index (χ1v) is 28.3. The Hall–Kier alpha value is -6.22. The second kappa shape index (κ2) is 21.5. The van der Waals surface area contributed by atoms with Crippen molar-refractivity contribution in [2.24, 2.45) is 5.73 Å². The molecule has 6 aromatic rings. The molecule has 0 saturated carbocycles. The average Bonchev–Trinajstić information content (AvgIpc) is 3.90. The van der Waals surface area contributed by atoms with Crippen molar-refractivity contribution in [2.75, 3.05) is 25.0 Å². The number of nitrogens with one attached hydrogen (secondary N) is 2. The number of benzene rings is 5. The number of alkyl carbamates (subject to hydrolysis) is 1. The number of nitrogens with zero attached hydrogens (tertiary/aromatic N) is 2. The van der Waals surface area contributed by atoms with Crippen molar-refractivity contribution < 1.29 is 29.3 Å². The third kappa shape index (κ3) is 10.1. The van der Waals surface area contributed by atoms with Crippen LogP contribution in [0.1, 0.15) is 104 Å². The van der Waals surface area contributed by atoms with Crippen LogP contribution in [-0.2, 0) is 19.7 Å². The molecule has 2 unspecified atom stereocenters. The van der Waals surface area contributed by atoms with E-state index < -0.39 is 55.0 Å². The zero-order valence-electron chi connectivity index (χ0n) is 42.7. The molecule has 378 valence electrons. The lowest BCUT2D eigenvalue weighted by molar-refractivity contribution is -0.119. The molecule has 0 bridgehead atoms. The lowest BCUT2D eigenvalue weighted by atomic mass is 9.64. The first-order valence-electron chi connectivity index (χ1n) is 25.3. The number of unbranched alkanes of at least 4 members (excludes halogenated alkanes) is 2. The third-order valence-electron chi connectivity index (χ3n) is 16.0. The highest BCUT2D eigenvalue weighted by atomic mass is 28.3. The number of carbonyl (C=O) groups excluding carboxylic acids is 2. The van der Waals surface area contributed by atoms with Gasteiger partial charge in [-0.2, -0.15) is 4.98 Å². The largest absolute Gasteiger partial charge is 0.449 e. The molecule has 0 radical (unpaired) electrons. The topological polar surface area (TPSA) is 178 Å². The van der Waals surface area contributed by atoms with Crippen LogP contribution in [0.3, 0.4) is 0 Å². The summed E-state index contributed by atoms with van der Waals surface area (Å²) in [6.07, 6.45) is -0.151. The van der Waals surface area contributed by atoms with E-state index in [0.717, 1.165) is 38.9 Å². The number of rotatable bonds is 19. The SMILES string of the molecule is Cc1ccc(C(c2ccccc2)(c2ccc(C)cc2)C(O)[C@H]2O[C@@H](n3ccc(NC(CN)C(=O)CCCCCNC(=O)OCC4c5ccccc5-c5ccccc54)nc3=O)C[C@@]2(O)[Si](C)(C)C(C)(C)C)cc1. The van der Waals surface area contributed by atoms with Crippen molar-refractivity contribution in [2.45, 2.75) is 126 Å². The Kier molecular flexibility index (Phi) is 15.5. The van der Waals surface area contributed by atoms with Gasteiger partial charge in [0.1, 0.15) is 30.9 Å².